The zero-order valence-corrected chi connectivity index (χ0v) is 17.9. The SMILES string of the molecule is CN(C(=O)OC(C)(C)C)[C@@H]1CCCN(S(=O)(=O)c2ccc3c(c2)NC(=O)CO3)C1. The van der Waals surface area contributed by atoms with Crippen molar-refractivity contribution >= 4 is 27.7 Å². The second-order valence-corrected chi connectivity index (χ2v) is 10.2. The zero-order chi connectivity index (χ0) is 21.4. The van der Waals surface area contributed by atoms with Gasteiger partial charge in [-0.2, -0.15) is 4.31 Å². The first-order valence-electron chi connectivity index (χ1n) is 9.50. The minimum absolute atomic E-state index is 0.0719. The van der Waals surface area contributed by atoms with Crippen molar-refractivity contribution in [2.24, 2.45) is 0 Å². The predicted octanol–water partition coefficient (Wildman–Crippen LogP) is 2.04. The van der Waals surface area contributed by atoms with Gasteiger partial charge >= 0.3 is 6.09 Å². The van der Waals surface area contributed by atoms with Crippen LogP contribution in [0.25, 0.3) is 0 Å². The number of likely N-dealkylation sites (N-methyl/N-ethyl adjacent to an activating group) is 1. The molecule has 2 aliphatic rings. The molecule has 1 aromatic carbocycles. The molecule has 0 radical (unpaired) electrons. The first-order valence-corrected chi connectivity index (χ1v) is 10.9. The average molecular weight is 426 g/mol. The number of carbonyl (C=O) groups excluding carboxylic acids is 2. The molecule has 0 aromatic heterocycles. The maximum Gasteiger partial charge on any atom is 0.410 e. The zero-order valence-electron chi connectivity index (χ0n) is 17.1. The summed E-state index contributed by atoms with van der Waals surface area (Å²) in [6.45, 7) is 5.81. The summed E-state index contributed by atoms with van der Waals surface area (Å²) in [5.74, 6) is 0.105. The number of hydrogen-bond donors (Lipinski definition) is 1. The molecule has 3 rings (SSSR count). The molecule has 9 nitrogen and oxygen atoms in total. The van der Waals surface area contributed by atoms with Crippen LogP contribution < -0.4 is 10.1 Å². The van der Waals surface area contributed by atoms with E-state index in [1.165, 1.54) is 27.4 Å². The quantitative estimate of drug-likeness (QED) is 0.795. The van der Waals surface area contributed by atoms with Crippen LogP contribution in [0.5, 0.6) is 5.75 Å². The van der Waals surface area contributed by atoms with E-state index in [2.05, 4.69) is 5.32 Å². The van der Waals surface area contributed by atoms with Gasteiger partial charge in [-0.1, -0.05) is 0 Å². The summed E-state index contributed by atoms with van der Waals surface area (Å²) in [4.78, 5) is 25.4. The fraction of sp³-hybridized carbons (Fsp3) is 0.579. The molecule has 160 valence electrons. The van der Waals surface area contributed by atoms with E-state index in [0.717, 1.165) is 0 Å². The van der Waals surface area contributed by atoms with Crippen molar-refractivity contribution in [2.75, 3.05) is 32.1 Å². The van der Waals surface area contributed by atoms with E-state index in [0.29, 0.717) is 30.8 Å². The van der Waals surface area contributed by atoms with E-state index in [-0.39, 0.29) is 30.0 Å². The predicted molar refractivity (Wildman–Crippen MR) is 106 cm³/mol. The molecule has 0 unspecified atom stereocenters. The Kier molecular flexibility index (Phi) is 5.77. The lowest BCUT2D eigenvalue weighted by Crippen LogP contribution is -2.51. The van der Waals surface area contributed by atoms with Crippen LogP contribution in [0.4, 0.5) is 10.5 Å². The van der Waals surface area contributed by atoms with Crippen LogP contribution >= 0.6 is 0 Å². The van der Waals surface area contributed by atoms with Crippen LogP contribution in [-0.2, 0) is 19.6 Å². The average Bonchev–Trinajstić information content (AvgIpc) is 2.65. The van der Waals surface area contributed by atoms with E-state index < -0.39 is 21.7 Å². The molecule has 29 heavy (non-hydrogen) atoms. The molecule has 2 heterocycles. The van der Waals surface area contributed by atoms with E-state index in [1.807, 2.05) is 0 Å². The number of sulfonamides is 1. The number of rotatable bonds is 3. The molecule has 1 atom stereocenters. The van der Waals surface area contributed by atoms with Gasteiger partial charge in [0.2, 0.25) is 10.0 Å². The standard InChI is InChI=1S/C19H27N3O6S/c1-19(2,3)28-18(24)21(4)13-6-5-9-22(11-13)29(25,26)14-7-8-16-15(10-14)20-17(23)12-27-16/h7-8,10,13H,5-6,9,11-12H2,1-4H3,(H,20,23)/t13-/m1/s1. The van der Waals surface area contributed by atoms with Crippen LogP contribution in [0.2, 0.25) is 0 Å². The van der Waals surface area contributed by atoms with E-state index >= 15 is 0 Å². The smallest absolute Gasteiger partial charge is 0.410 e. The minimum atomic E-state index is -3.79. The van der Waals surface area contributed by atoms with Crippen molar-refractivity contribution in [3.63, 3.8) is 0 Å². The number of benzene rings is 1. The third kappa shape index (κ3) is 4.81. The van der Waals surface area contributed by atoms with Gasteiger partial charge in [0.1, 0.15) is 11.4 Å². The Balaban J connectivity index is 1.76. The van der Waals surface area contributed by atoms with Crippen molar-refractivity contribution in [1.29, 1.82) is 0 Å². The number of carbonyl (C=O) groups is 2. The summed E-state index contributed by atoms with van der Waals surface area (Å²) in [6.07, 6.45) is 0.841. The van der Waals surface area contributed by atoms with E-state index in [1.54, 1.807) is 27.8 Å². The Morgan fingerprint density at radius 3 is 2.76 bits per heavy atom. The van der Waals surface area contributed by atoms with Gasteiger partial charge < -0.3 is 19.7 Å². The lowest BCUT2D eigenvalue weighted by atomic mass is 10.1. The maximum atomic E-state index is 13.2. The number of fused-ring (bicyclic) bond motifs is 1. The second-order valence-electron chi connectivity index (χ2n) is 8.25. The molecule has 1 fully saturated rings. The Morgan fingerprint density at radius 2 is 2.07 bits per heavy atom. The highest BCUT2D eigenvalue weighted by Gasteiger charge is 2.35. The van der Waals surface area contributed by atoms with Gasteiger partial charge in [-0.15, -0.1) is 0 Å². The second kappa shape index (κ2) is 7.83. The first kappa shape index (κ1) is 21.4. The molecule has 0 bridgehead atoms. The fourth-order valence-corrected chi connectivity index (χ4v) is 4.85. The summed E-state index contributed by atoms with van der Waals surface area (Å²) in [7, 11) is -2.17. The summed E-state index contributed by atoms with van der Waals surface area (Å²) in [5.41, 5.74) is -0.289. The maximum absolute atomic E-state index is 13.2. The molecule has 0 aliphatic carbocycles. The van der Waals surface area contributed by atoms with Gasteiger partial charge in [0.05, 0.1) is 10.6 Å². The van der Waals surface area contributed by atoms with Gasteiger partial charge in [-0.05, 0) is 51.8 Å². The third-order valence-electron chi connectivity index (χ3n) is 4.81. The number of hydrogen-bond acceptors (Lipinski definition) is 6. The highest BCUT2D eigenvalue weighted by atomic mass is 32.2. The summed E-state index contributed by atoms with van der Waals surface area (Å²) >= 11 is 0. The van der Waals surface area contributed by atoms with Crippen LogP contribution in [0.1, 0.15) is 33.6 Å². The normalized spacial score (nSPS) is 20.3. The number of nitrogens with one attached hydrogen (secondary N) is 1. The number of ether oxygens (including phenoxy) is 2. The molecule has 10 heteroatoms. The van der Waals surface area contributed by atoms with Crippen LogP contribution in [0, 0.1) is 0 Å². The van der Waals surface area contributed by atoms with Crippen LogP contribution in [-0.4, -0.2) is 68.0 Å². The highest BCUT2D eigenvalue weighted by molar-refractivity contribution is 7.89. The molecule has 2 aliphatic heterocycles. The van der Waals surface area contributed by atoms with E-state index in [4.69, 9.17) is 9.47 Å². The van der Waals surface area contributed by atoms with Crippen molar-refractivity contribution in [1.82, 2.24) is 9.21 Å². The lowest BCUT2D eigenvalue weighted by molar-refractivity contribution is -0.118. The molecular weight excluding hydrogens is 398 g/mol. The topological polar surface area (TPSA) is 105 Å². The Morgan fingerprint density at radius 1 is 1.34 bits per heavy atom. The Hall–Kier alpha value is -2.33. The first-order chi connectivity index (χ1) is 13.5. The van der Waals surface area contributed by atoms with Crippen molar-refractivity contribution in [3.05, 3.63) is 18.2 Å². The number of amides is 2. The monoisotopic (exact) mass is 425 g/mol. The van der Waals surface area contributed by atoms with Gasteiger partial charge in [0.25, 0.3) is 5.91 Å². The lowest BCUT2D eigenvalue weighted by Gasteiger charge is -2.37. The number of anilines is 1. The highest BCUT2D eigenvalue weighted by Crippen LogP contribution is 2.32. The van der Waals surface area contributed by atoms with E-state index in [9.17, 15) is 18.0 Å². The van der Waals surface area contributed by atoms with Crippen molar-refractivity contribution in [3.8, 4) is 5.75 Å². The molecule has 0 spiro atoms. The Bertz CT molecular complexity index is 909. The third-order valence-corrected chi connectivity index (χ3v) is 6.67. The van der Waals surface area contributed by atoms with Crippen molar-refractivity contribution in [2.45, 2.75) is 50.2 Å². The summed E-state index contributed by atoms with van der Waals surface area (Å²) in [6, 6.07) is 4.13. The molecular formula is C19H27N3O6S. The van der Waals surface area contributed by atoms with Gasteiger partial charge in [0.15, 0.2) is 6.61 Å². The molecule has 1 N–H and O–H groups in total. The minimum Gasteiger partial charge on any atom is -0.482 e. The molecule has 2 amide bonds. The van der Waals surface area contributed by atoms with Crippen LogP contribution in [0.3, 0.4) is 0 Å². The van der Waals surface area contributed by atoms with Gasteiger partial charge in [0, 0.05) is 26.2 Å². The molecule has 1 aromatic rings. The summed E-state index contributed by atoms with van der Waals surface area (Å²) < 4.78 is 38.4. The Labute approximate surface area is 171 Å². The molecule has 1 saturated heterocycles. The fourth-order valence-electron chi connectivity index (χ4n) is 3.31. The summed E-state index contributed by atoms with van der Waals surface area (Å²) in [5, 5.41) is 2.62. The molecule has 0 saturated carbocycles. The van der Waals surface area contributed by atoms with Gasteiger partial charge in [-0.3, -0.25) is 4.79 Å². The largest absolute Gasteiger partial charge is 0.482 e. The number of piperidine rings is 1. The number of nitrogens with zero attached hydrogens (tertiary/aromatic N) is 2. The van der Waals surface area contributed by atoms with Crippen molar-refractivity contribution < 1.29 is 27.5 Å². The van der Waals surface area contributed by atoms with Crippen LogP contribution in [0.15, 0.2) is 23.1 Å². The van der Waals surface area contributed by atoms with Gasteiger partial charge in [-0.25, -0.2) is 13.2 Å².